The molecule has 104 valence electrons. The summed E-state index contributed by atoms with van der Waals surface area (Å²) in [6.45, 7) is -0.130. The topological polar surface area (TPSA) is 113 Å². The second-order valence-electron chi connectivity index (χ2n) is 3.78. The van der Waals surface area contributed by atoms with Gasteiger partial charge in [-0.2, -0.15) is 13.5 Å². The Morgan fingerprint density at radius 1 is 1.63 bits per heavy atom. The average Bonchev–Trinajstić information content (AvgIpc) is 2.78. The van der Waals surface area contributed by atoms with Crippen LogP contribution in [0.15, 0.2) is 17.5 Å². The molecule has 19 heavy (non-hydrogen) atoms. The molecule has 1 aliphatic rings. The molecule has 1 aromatic rings. The highest BCUT2D eigenvalue weighted by Crippen LogP contribution is 2.14. The molecule has 0 aliphatic carbocycles. The normalized spacial score (nSPS) is 19.1. The van der Waals surface area contributed by atoms with Crippen molar-refractivity contribution < 1.29 is 26.8 Å². The molecule has 0 bridgehead atoms. The Bertz CT molecular complexity index is 582. The molecule has 1 saturated heterocycles. The first-order valence-corrected chi connectivity index (χ1v) is 7.40. The molecule has 0 spiro atoms. The molecule has 2 N–H and O–H groups in total. The summed E-state index contributed by atoms with van der Waals surface area (Å²) in [6.07, 6.45) is 0.153. The summed E-state index contributed by atoms with van der Waals surface area (Å²) < 4.78 is 33.1. The Hall–Kier alpha value is -1.49. The summed E-state index contributed by atoms with van der Waals surface area (Å²) in [5.74, 6) is -1.07. The molecule has 1 atom stereocenters. The standard InChI is InChI=1S/C9H10N2O6S2/c12-8(4-6-2-1-3-18-6)10-7-5-11(9(7)13)17-19(14,15)16/h1-3,7H,4-5H2,(H,10,12)(H,14,15,16)/t7-/m0/s1. The van der Waals surface area contributed by atoms with Crippen LogP contribution in [-0.2, 0) is 30.7 Å². The maximum atomic E-state index is 11.6. The van der Waals surface area contributed by atoms with Crippen molar-refractivity contribution in [3.63, 3.8) is 0 Å². The smallest absolute Gasteiger partial charge is 0.342 e. The van der Waals surface area contributed by atoms with Crippen molar-refractivity contribution in [2.75, 3.05) is 6.54 Å². The minimum Gasteiger partial charge on any atom is -0.342 e. The summed E-state index contributed by atoms with van der Waals surface area (Å²) >= 11 is 1.42. The highest BCUT2D eigenvalue weighted by atomic mass is 32.3. The third-order valence-electron chi connectivity index (χ3n) is 2.33. The molecule has 0 saturated carbocycles. The van der Waals surface area contributed by atoms with E-state index in [1.54, 1.807) is 6.07 Å². The Balaban J connectivity index is 1.80. The number of β-lactam (4-membered cyclic amide) rings is 1. The van der Waals surface area contributed by atoms with E-state index < -0.39 is 22.3 Å². The number of hydrogen-bond donors (Lipinski definition) is 2. The first kappa shape index (κ1) is 13.9. The highest BCUT2D eigenvalue weighted by Gasteiger charge is 2.41. The van der Waals surface area contributed by atoms with Gasteiger partial charge in [-0.05, 0) is 11.4 Å². The van der Waals surface area contributed by atoms with Crippen molar-refractivity contribution >= 4 is 33.6 Å². The number of carbonyl (C=O) groups excluding carboxylic acids is 2. The van der Waals surface area contributed by atoms with Crippen LogP contribution in [0.25, 0.3) is 0 Å². The van der Waals surface area contributed by atoms with E-state index in [-0.39, 0.29) is 18.9 Å². The summed E-state index contributed by atoms with van der Waals surface area (Å²) in [4.78, 5) is 23.8. The first-order valence-electron chi connectivity index (χ1n) is 5.15. The Morgan fingerprint density at radius 2 is 2.37 bits per heavy atom. The summed E-state index contributed by atoms with van der Waals surface area (Å²) in [5.41, 5.74) is 0. The number of thiophene rings is 1. The van der Waals surface area contributed by atoms with Crippen LogP contribution < -0.4 is 5.32 Å². The fourth-order valence-corrected chi connectivity index (χ4v) is 2.57. The Labute approximate surface area is 112 Å². The minimum absolute atomic E-state index is 0.130. The number of hydroxylamine groups is 2. The summed E-state index contributed by atoms with van der Waals surface area (Å²) in [5, 5.41) is 4.74. The van der Waals surface area contributed by atoms with E-state index in [1.807, 2.05) is 11.4 Å². The molecule has 8 nitrogen and oxygen atoms in total. The zero-order chi connectivity index (χ0) is 14.0. The van der Waals surface area contributed by atoms with Crippen LogP contribution in [0.5, 0.6) is 0 Å². The highest BCUT2D eigenvalue weighted by molar-refractivity contribution is 7.80. The van der Waals surface area contributed by atoms with E-state index in [9.17, 15) is 18.0 Å². The van der Waals surface area contributed by atoms with E-state index in [0.717, 1.165) is 4.88 Å². The van der Waals surface area contributed by atoms with Crippen LogP contribution in [0.3, 0.4) is 0 Å². The molecule has 2 heterocycles. The van der Waals surface area contributed by atoms with Crippen LogP contribution in [0.1, 0.15) is 4.88 Å². The molecule has 10 heteroatoms. The SMILES string of the molecule is O=C(Cc1cccs1)N[C@H]1CN(OS(=O)(=O)O)C1=O. The van der Waals surface area contributed by atoms with Crippen molar-refractivity contribution in [3.05, 3.63) is 22.4 Å². The van der Waals surface area contributed by atoms with E-state index in [4.69, 9.17) is 4.55 Å². The first-order chi connectivity index (χ1) is 8.85. The van der Waals surface area contributed by atoms with E-state index in [1.165, 1.54) is 11.3 Å². The van der Waals surface area contributed by atoms with Gasteiger partial charge >= 0.3 is 10.4 Å². The molecule has 2 amide bonds. The minimum atomic E-state index is -4.72. The van der Waals surface area contributed by atoms with Crippen molar-refractivity contribution in [2.45, 2.75) is 12.5 Å². The number of rotatable bonds is 5. The van der Waals surface area contributed by atoms with Gasteiger partial charge in [-0.1, -0.05) is 6.07 Å². The van der Waals surface area contributed by atoms with E-state index in [2.05, 4.69) is 9.60 Å². The lowest BCUT2D eigenvalue weighted by molar-refractivity contribution is -0.182. The quantitative estimate of drug-likeness (QED) is 0.552. The van der Waals surface area contributed by atoms with E-state index in [0.29, 0.717) is 5.06 Å². The van der Waals surface area contributed by atoms with Crippen molar-refractivity contribution in [3.8, 4) is 0 Å². The third-order valence-corrected chi connectivity index (χ3v) is 3.57. The van der Waals surface area contributed by atoms with Gasteiger partial charge < -0.3 is 5.32 Å². The molecule has 0 radical (unpaired) electrons. The van der Waals surface area contributed by atoms with Gasteiger partial charge in [-0.15, -0.1) is 15.6 Å². The maximum Gasteiger partial charge on any atom is 0.418 e. The second kappa shape index (κ2) is 5.25. The molecule has 0 unspecified atom stereocenters. The van der Waals surface area contributed by atoms with Gasteiger partial charge in [0.1, 0.15) is 6.04 Å². The summed E-state index contributed by atoms with van der Waals surface area (Å²) in [7, 11) is -4.72. The summed E-state index contributed by atoms with van der Waals surface area (Å²) in [6, 6.07) is 2.78. The number of amides is 2. The van der Waals surface area contributed by atoms with Crippen LogP contribution >= 0.6 is 11.3 Å². The van der Waals surface area contributed by atoms with Gasteiger partial charge in [0.25, 0.3) is 5.91 Å². The van der Waals surface area contributed by atoms with Crippen molar-refractivity contribution in [2.24, 2.45) is 0 Å². The third kappa shape index (κ3) is 3.73. The molecule has 2 rings (SSSR count). The average molecular weight is 306 g/mol. The predicted molar refractivity (Wildman–Crippen MR) is 64.3 cm³/mol. The lowest BCUT2D eigenvalue weighted by atomic mass is 10.1. The van der Waals surface area contributed by atoms with Gasteiger partial charge in [0.2, 0.25) is 5.91 Å². The largest absolute Gasteiger partial charge is 0.418 e. The molecule has 1 aliphatic heterocycles. The molecular formula is C9H10N2O6S2. The van der Waals surface area contributed by atoms with Gasteiger partial charge in [-0.3, -0.25) is 14.1 Å². The lowest BCUT2D eigenvalue weighted by Crippen LogP contribution is -2.64. The number of carbonyl (C=O) groups is 2. The van der Waals surface area contributed by atoms with Crippen LogP contribution in [0, 0.1) is 0 Å². The number of hydrogen-bond acceptors (Lipinski definition) is 6. The number of nitrogens with zero attached hydrogens (tertiary/aromatic N) is 1. The van der Waals surface area contributed by atoms with Crippen LogP contribution in [-0.4, -0.2) is 42.4 Å². The number of nitrogens with one attached hydrogen (secondary N) is 1. The molecule has 1 fully saturated rings. The predicted octanol–water partition coefficient (Wildman–Crippen LogP) is -0.648. The van der Waals surface area contributed by atoms with E-state index >= 15 is 0 Å². The molecule has 0 aromatic carbocycles. The lowest BCUT2D eigenvalue weighted by Gasteiger charge is -2.35. The fraction of sp³-hybridized carbons (Fsp3) is 0.333. The second-order valence-corrected chi connectivity index (χ2v) is 5.81. The Morgan fingerprint density at radius 3 is 2.89 bits per heavy atom. The zero-order valence-corrected chi connectivity index (χ0v) is 11.1. The van der Waals surface area contributed by atoms with Gasteiger partial charge in [0, 0.05) is 4.88 Å². The van der Waals surface area contributed by atoms with Crippen LogP contribution in [0.4, 0.5) is 0 Å². The fourth-order valence-electron chi connectivity index (χ4n) is 1.50. The van der Waals surface area contributed by atoms with Gasteiger partial charge in [-0.25, -0.2) is 0 Å². The maximum absolute atomic E-state index is 11.6. The Kier molecular flexibility index (Phi) is 3.85. The zero-order valence-electron chi connectivity index (χ0n) is 9.48. The van der Waals surface area contributed by atoms with Gasteiger partial charge in [0.15, 0.2) is 0 Å². The van der Waals surface area contributed by atoms with Gasteiger partial charge in [0.05, 0.1) is 13.0 Å². The monoisotopic (exact) mass is 306 g/mol. The van der Waals surface area contributed by atoms with Crippen LogP contribution in [0.2, 0.25) is 0 Å². The molecular weight excluding hydrogens is 296 g/mol. The van der Waals surface area contributed by atoms with Crippen molar-refractivity contribution in [1.29, 1.82) is 0 Å². The van der Waals surface area contributed by atoms with Crippen molar-refractivity contribution in [1.82, 2.24) is 10.4 Å². The molecule has 1 aromatic heterocycles.